The number of alkyl halides is 3. The maximum atomic E-state index is 12.1. The maximum absolute atomic E-state index is 12.1. The second-order valence-corrected chi connectivity index (χ2v) is 6.77. The molecule has 0 bridgehead atoms. The predicted octanol–water partition coefficient (Wildman–Crippen LogP) is 3.83. The van der Waals surface area contributed by atoms with E-state index in [2.05, 4.69) is 15.6 Å². The number of guanidine groups is 1. The highest BCUT2D eigenvalue weighted by atomic mass is 32.1. The first-order valence-corrected chi connectivity index (χ1v) is 8.88. The molecule has 8 heteroatoms. The van der Waals surface area contributed by atoms with E-state index in [1.165, 1.54) is 11.3 Å². The van der Waals surface area contributed by atoms with Crippen molar-refractivity contribution in [2.45, 2.75) is 31.5 Å². The summed E-state index contributed by atoms with van der Waals surface area (Å²) >= 11 is 1.53. The molecule has 138 valence electrons. The van der Waals surface area contributed by atoms with Crippen molar-refractivity contribution in [1.29, 1.82) is 0 Å². The summed E-state index contributed by atoms with van der Waals surface area (Å²) in [4.78, 5) is 4.86. The second-order valence-electron chi connectivity index (χ2n) is 5.65. The highest BCUT2D eigenvalue weighted by Gasteiger charge is 2.25. The molecule has 0 aliphatic rings. The fourth-order valence-corrected chi connectivity index (χ4v) is 3.39. The number of unbranched alkanes of at least 4 members (excludes halogenated alkanes) is 1. The van der Waals surface area contributed by atoms with E-state index in [0.717, 1.165) is 15.0 Å². The molecule has 0 amide bonds. The van der Waals surface area contributed by atoms with E-state index in [4.69, 9.17) is 0 Å². The first-order valence-electron chi connectivity index (χ1n) is 8.07. The highest BCUT2D eigenvalue weighted by molar-refractivity contribution is 7.19. The molecule has 0 fully saturated rings. The topological polar surface area (TPSA) is 56.7 Å². The molecular weight excluding hydrogens is 351 g/mol. The van der Waals surface area contributed by atoms with Crippen LogP contribution in [-0.4, -0.2) is 37.4 Å². The minimum absolute atomic E-state index is 0.0813. The number of rotatable bonds is 7. The van der Waals surface area contributed by atoms with Crippen LogP contribution >= 0.6 is 11.3 Å². The molecule has 2 aromatic rings. The number of fused-ring (bicyclic) bond motifs is 1. The molecule has 0 aliphatic carbocycles. The van der Waals surface area contributed by atoms with Gasteiger partial charge in [0.15, 0.2) is 5.96 Å². The SMILES string of the molecule is CN=C(NCCCCC(F)(F)F)NCC(O)c1cc2ccccc2s1. The van der Waals surface area contributed by atoms with Gasteiger partial charge in [0.25, 0.3) is 0 Å². The van der Waals surface area contributed by atoms with Crippen molar-refractivity contribution in [2.75, 3.05) is 20.1 Å². The first-order chi connectivity index (χ1) is 11.9. The summed E-state index contributed by atoms with van der Waals surface area (Å²) in [5.41, 5.74) is 0. The number of aliphatic hydroxyl groups excluding tert-OH is 1. The van der Waals surface area contributed by atoms with Gasteiger partial charge in [0.05, 0.1) is 0 Å². The number of nitrogens with one attached hydrogen (secondary N) is 2. The van der Waals surface area contributed by atoms with Gasteiger partial charge in [0.2, 0.25) is 0 Å². The van der Waals surface area contributed by atoms with Crippen LogP contribution in [-0.2, 0) is 0 Å². The third-order valence-electron chi connectivity index (χ3n) is 3.64. The number of aliphatic hydroxyl groups is 1. The van der Waals surface area contributed by atoms with Gasteiger partial charge in [-0.3, -0.25) is 4.99 Å². The Labute approximate surface area is 148 Å². The van der Waals surface area contributed by atoms with E-state index in [9.17, 15) is 18.3 Å². The van der Waals surface area contributed by atoms with Crippen LogP contribution in [0.5, 0.6) is 0 Å². The summed E-state index contributed by atoms with van der Waals surface area (Å²) in [6, 6.07) is 9.87. The van der Waals surface area contributed by atoms with Crippen molar-refractivity contribution >= 4 is 27.4 Å². The van der Waals surface area contributed by atoms with Gasteiger partial charge in [-0.05, 0) is 30.4 Å². The van der Waals surface area contributed by atoms with Crippen LogP contribution in [0.2, 0.25) is 0 Å². The summed E-state index contributed by atoms with van der Waals surface area (Å²) in [6.07, 6.45) is -5.07. The lowest BCUT2D eigenvalue weighted by atomic mass is 10.2. The number of hydrogen-bond acceptors (Lipinski definition) is 3. The molecule has 0 saturated heterocycles. The average molecular weight is 373 g/mol. The average Bonchev–Trinajstić information content (AvgIpc) is 3.00. The summed E-state index contributed by atoms with van der Waals surface area (Å²) < 4.78 is 37.3. The molecule has 3 N–H and O–H groups in total. The Bertz CT molecular complexity index is 667. The molecule has 0 spiro atoms. The molecule has 2 rings (SSSR count). The minimum atomic E-state index is -4.10. The Hall–Kier alpha value is -1.80. The molecule has 1 heterocycles. The molecular formula is C17H22F3N3OS. The molecule has 1 unspecified atom stereocenters. The molecule has 1 aromatic carbocycles. The molecule has 4 nitrogen and oxygen atoms in total. The lowest BCUT2D eigenvalue weighted by Gasteiger charge is -2.14. The zero-order valence-corrected chi connectivity index (χ0v) is 14.8. The third-order valence-corrected chi connectivity index (χ3v) is 4.86. The molecule has 1 atom stereocenters. The molecule has 1 aromatic heterocycles. The van der Waals surface area contributed by atoms with Crippen LogP contribution in [0.4, 0.5) is 13.2 Å². The Balaban J connectivity index is 1.74. The van der Waals surface area contributed by atoms with Gasteiger partial charge in [-0.1, -0.05) is 18.2 Å². The summed E-state index contributed by atoms with van der Waals surface area (Å²) in [7, 11) is 1.58. The van der Waals surface area contributed by atoms with Crippen molar-refractivity contribution in [3.8, 4) is 0 Å². The fraction of sp³-hybridized carbons (Fsp3) is 0.471. The number of hydrogen-bond donors (Lipinski definition) is 3. The lowest BCUT2D eigenvalue weighted by molar-refractivity contribution is -0.135. The van der Waals surface area contributed by atoms with Crippen LogP contribution in [0.3, 0.4) is 0 Å². The van der Waals surface area contributed by atoms with Crippen molar-refractivity contribution in [1.82, 2.24) is 10.6 Å². The zero-order valence-electron chi connectivity index (χ0n) is 13.9. The van der Waals surface area contributed by atoms with Gasteiger partial charge in [-0.25, -0.2) is 0 Å². The second kappa shape index (κ2) is 9.05. The van der Waals surface area contributed by atoms with Gasteiger partial charge >= 0.3 is 6.18 Å². The largest absolute Gasteiger partial charge is 0.389 e. The summed E-state index contributed by atoms with van der Waals surface area (Å²) in [6.45, 7) is 0.670. The smallest absolute Gasteiger partial charge is 0.386 e. The van der Waals surface area contributed by atoms with E-state index in [0.29, 0.717) is 18.9 Å². The fourth-order valence-electron chi connectivity index (χ4n) is 2.34. The minimum Gasteiger partial charge on any atom is -0.386 e. The molecule has 0 aliphatic heterocycles. The van der Waals surface area contributed by atoms with Crippen molar-refractivity contribution in [3.05, 3.63) is 35.2 Å². The Morgan fingerprint density at radius 2 is 2.00 bits per heavy atom. The number of benzene rings is 1. The number of nitrogens with zero attached hydrogens (tertiary/aromatic N) is 1. The van der Waals surface area contributed by atoms with Crippen LogP contribution in [0.1, 0.15) is 30.2 Å². The van der Waals surface area contributed by atoms with Gasteiger partial charge in [0.1, 0.15) is 6.10 Å². The van der Waals surface area contributed by atoms with Crippen molar-refractivity contribution < 1.29 is 18.3 Å². The zero-order chi connectivity index (χ0) is 18.3. The van der Waals surface area contributed by atoms with Crippen LogP contribution in [0, 0.1) is 0 Å². The summed E-state index contributed by atoms with van der Waals surface area (Å²) in [5, 5.41) is 17.3. The van der Waals surface area contributed by atoms with Crippen molar-refractivity contribution in [2.24, 2.45) is 4.99 Å². The monoisotopic (exact) mass is 373 g/mol. The van der Waals surface area contributed by atoms with E-state index in [-0.39, 0.29) is 13.0 Å². The van der Waals surface area contributed by atoms with Crippen LogP contribution in [0.15, 0.2) is 35.3 Å². The van der Waals surface area contributed by atoms with E-state index < -0.39 is 18.7 Å². The number of aliphatic imine (C=N–C) groups is 1. The Morgan fingerprint density at radius 3 is 2.68 bits per heavy atom. The third kappa shape index (κ3) is 6.55. The molecule has 0 saturated carbocycles. The Kier molecular flexibility index (Phi) is 7.07. The van der Waals surface area contributed by atoms with Gasteiger partial charge < -0.3 is 15.7 Å². The van der Waals surface area contributed by atoms with E-state index >= 15 is 0 Å². The number of thiophene rings is 1. The van der Waals surface area contributed by atoms with Gasteiger partial charge in [0, 0.05) is 36.1 Å². The van der Waals surface area contributed by atoms with Crippen molar-refractivity contribution in [3.63, 3.8) is 0 Å². The van der Waals surface area contributed by atoms with E-state index in [1.807, 2.05) is 30.3 Å². The quantitative estimate of drug-likeness (QED) is 0.393. The lowest BCUT2D eigenvalue weighted by Crippen LogP contribution is -2.39. The van der Waals surface area contributed by atoms with Crippen LogP contribution < -0.4 is 10.6 Å². The normalized spacial score (nSPS) is 13.9. The van der Waals surface area contributed by atoms with Gasteiger partial charge in [-0.15, -0.1) is 11.3 Å². The Morgan fingerprint density at radius 1 is 1.24 bits per heavy atom. The summed E-state index contributed by atoms with van der Waals surface area (Å²) in [5.74, 6) is 0.465. The van der Waals surface area contributed by atoms with Crippen LogP contribution in [0.25, 0.3) is 10.1 Å². The van der Waals surface area contributed by atoms with Gasteiger partial charge in [-0.2, -0.15) is 13.2 Å². The van der Waals surface area contributed by atoms with E-state index in [1.54, 1.807) is 7.05 Å². The molecule has 0 radical (unpaired) electrons. The standard InChI is InChI=1S/C17H22F3N3OS/c1-21-16(22-9-5-4-8-17(18,19)20)23-11-13(24)15-10-12-6-2-3-7-14(12)25-15/h2-3,6-7,10,13,24H,4-5,8-9,11H2,1H3,(H2,21,22,23). The first kappa shape index (κ1) is 19.5. The molecule has 25 heavy (non-hydrogen) atoms. The predicted molar refractivity (Wildman–Crippen MR) is 96.1 cm³/mol. The maximum Gasteiger partial charge on any atom is 0.389 e. The highest BCUT2D eigenvalue weighted by Crippen LogP contribution is 2.29. The number of halogens is 3.